The molecular weight excluding hydrogens is 361 g/mol. The SMILES string of the molecule is COc1ccc(CNC(=O)[C@@H]2CCCN(C(=O)Nc3ccc(F)cc3)C2)cc1. The summed E-state index contributed by atoms with van der Waals surface area (Å²) in [4.78, 5) is 26.6. The molecule has 28 heavy (non-hydrogen) atoms. The van der Waals surface area contributed by atoms with Gasteiger partial charge >= 0.3 is 6.03 Å². The number of hydrogen-bond acceptors (Lipinski definition) is 3. The first-order chi connectivity index (χ1) is 13.5. The van der Waals surface area contributed by atoms with E-state index in [0.717, 1.165) is 24.2 Å². The monoisotopic (exact) mass is 385 g/mol. The third-order valence-electron chi connectivity index (χ3n) is 4.80. The molecule has 0 aromatic heterocycles. The van der Waals surface area contributed by atoms with Crippen LogP contribution < -0.4 is 15.4 Å². The van der Waals surface area contributed by atoms with Crippen molar-refractivity contribution in [2.45, 2.75) is 19.4 Å². The van der Waals surface area contributed by atoms with Gasteiger partial charge in [-0.3, -0.25) is 4.79 Å². The third-order valence-corrected chi connectivity index (χ3v) is 4.80. The molecule has 2 N–H and O–H groups in total. The Hall–Kier alpha value is -3.09. The second kappa shape index (κ2) is 9.21. The number of ether oxygens (including phenoxy) is 1. The molecule has 1 atom stereocenters. The molecule has 2 aromatic rings. The smallest absolute Gasteiger partial charge is 0.321 e. The Morgan fingerprint density at radius 3 is 2.54 bits per heavy atom. The number of halogens is 1. The Kier molecular flexibility index (Phi) is 6.47. The number of anilines is 1. The predicted octanol–water partition coefficient (Wildman–Crippen LogP) is 3.39. The Morgan fingerprint density at radius 2 is 1.86 bits per heavy atom. The summed E-state index contributed by atoms with van der Waals surface area (Å²) in [5.41, 5.74) is 1.51. The summed E-state index contributed by atoms with van der Waals surface area (Å²) in [7, 11) is 1.61. The van der Waals surface area contributed by atoms with Crippen molar-refractivity contribution in [1.29, 1.82) is 0 Å². The van der Waals surface area contributed by atoms with Gasteiger partial charge in [-0.15, -0.1) is 0 Å². The summed E-state index contributed by atoms with van der Waals surface area (Å²) in [5, 5.41) is 5.69. The average molecular weight is 385 g/mol. The number of amides is 3. The van der Waals surface area contributed by atoms with Crippen molar-refractivity contribution < 1.29 is 18.7 Å². The number of rotatable bonds is 5. The summed E-state index contributed by atoms with van der Waals surface area (Å²) in [6.45, 7) is 1.39. The standard InChI is InChI=1S/C21H24FN3O3/c1-28-19-10-4-15(5-11-19)13-23-20(26)16-3-2-12-25(14-16)21(27)24-18-8-6-17(22)7-9-18/h4-11,16H,2-3,12-14H2,1H3,(H,23,26)(H,24,27)/t16-/m1/s1. The van der Waals surface area contributed by atoms with Crippen molar-refractivity contribution >= 4 is 17.6 Å². The van der Waals surface area contributed by atoms with E-state index in [9.17, 15) is 14.0 Å². The van der Waals surface area contributed by atoms with Gasteiger partial charge in [0.05, 0.1) is 13.0 Å². The number of benzene rings is 2. The first-order valence-corrected chi connectivity index (χ1v) is 9.27. The van der Waals surface area contributed by atoms with Crippen molar-refractivity contribution in [1.82, 2.24) is 10.2 Å². The van der Waals surface area contributed by atoms with Gasteiger partial charge < -0.3 is 20.3 Å². The molecule has 0 unspecified atom stereocenters. The summed E-state index contributed by atoms with van der Waals surface area (Å²) < 4.78 is 18.1. The van der Waals surface area contributed by atoms with Crippen LogP contribution >= 0.6 is 0 Å². The normalized spacial score (nSPS) is 16.4. The summed E-state index contributed by atoms with van der Waals surface area (Å²) in [5.74, 6) is 0.107. The van der Waals surface area contributed by atoms with Crippen molar-refractivity contribution in [2.75, 3.05) is 25.5 Å². The van der Waals surface area contributed by atoms with Gasteiger partial charge in [-0.2, -0.15) is 0 Å². The zero-order valence-electron chi connectivity index (χ0n) is 15.8. The molecule has 0 bridgehead atoms. The van der Waals surface area contributed by atoms with Crippen LogP contribution in [0.3, 0.4) is 0 Å². The van der Waals surface area contributed by atoms with Crippen molar-refractivity contribution in [3.05, 3.63) is 59.9 Å². The summed E-state index contributed by atoms with van der Waals surface area (Å²) in [6, 6.07) is 12.8. The van der Waals surface area contributed by atoms with Crippen LogP contribution in [0.2, 0.25) is 0 Å². The van der Waals surface area contributed by atoms with Gasteiger partial charge in [-0.05, 0) is 54.8 Å². The minimum atomic E-state index is -0.357. The lowest BCUT2D eigenvalue weighted by Crippen LogP contribution is -2.46. The quantitative estimate of drug-likeness (QED) is 0.829. The van der Waals surface area contributed by atoms with Crippen LogP contribution in [0.5, 0.6) is 5.75 Å². The van der Waals surface area contributed by atoms with Crippen LogP contribution in [0.4, 0.5) is 14.9 Å². The largest absolute Gasteiger partial charge is 0.497 e. The van der Waals surface area contributed by atoms with Gasteiger partial charge in [-0.1, -0.05) is 12.1 Å². The second-order valence-electron chi connectivity index (χ2n) is 6.79. The Balaban J connectivity index is 1.50. The molecule has 3 rings (SSSR count). The topological polar surface area (TPSA) is 70.7 Å². The van der Waals surface area contributed by atoms with Crippen LogP contribution in [-0.4, -0.2) is 37.0 Å². The first kappa shape index (κ1) is 19.7. The van der Waals surface area contributed by atoms with E-state index in [2.05, 4.69) is 10.6 Å². The number of carbonyl (C=O) groups is 2. The van der Waals surface area contributed by atoms with Gasteiger partial charge in [0.15, 0.2) is 0 Å². The van der Waals surface area contributed by atoms with Gasteiger partial charge in [0.25, 0.3) is 0 Å². The van der Waals surface area contributed by atoms with Gasteiger partial charge in [0, 0.05) is 25.3 Å². The van der Waals surface area contributed by atoms with Crippen LogP contribution in [0.15, 0.2) is 48.5 Å². The van der Waals surface area contributed by atoms with Crippen LogP contribution in [-0.2, 0) is 11.3 Å². The highest BCUT2D eigenvalue weighted by atomic mass is 19.1. The molecule has 0 aliphatic carbocycles. The molecule has 1 aliphatic rings. The number of nitrogens with one attached hydrogen (secondary N) is 2. The Morgan fingerprint density at radius 1 is 1.14 bits per heavy atom. The van der Waals surface area contributed by atoms with E-state index in [1.165, 1.54) is 24.3 Å². The number of hydrogen-bond donors (Lipinski definition) is 2. The molecule has 7 heteroatoms. The van der Waals surface area contributed by atoms with E-state index in [0.29, 0.717) is 25.3 Å². The van der Waals surface area contributed by atoms with E-state index in [4.69, 9.17) is 4.74 Å². The molecular formula is C21H24FN3O3. The summed E-state index contributed by atoms with van der Waals surface area (Å²) >= 11 is 0. The highest BCUT2D eigenvalue weighted by molar-refractivity contribution is 5.90. The van der Waals surface area contributed by atoms with Crippen LogP contribution in [0, 0.1) is 11.7 Å². The number of carbonyl (C=O) groups excluding carboxylic acids is 2. The predicted molar refractivity (Wildman–Crippen MR) is 105 cm³/mol. The number of urea groups is 1. The van der Waals surface area contributed by atoms with E-state index < -0.39 is 0 Å². The lowest BCUT2D eigenvalue weighted by atomic mass is 9.97. The molecule has 1 fully saturated rings. The van der Waals surface area contributed by atoms with E-state index in [1.54, 1.807) is 12.0 Å². The number of nitrogens with zero attached hydrogens (tertiary/aromatic N) is 1. The minimum absolute atomic E-state index is 0.0601. The molecule has 0 radical (unpaired) electrons. The van der Waals surface area contributed by atoms with E-state index in [-0.39, 0.29) is 23.7 Å². The molecule has 0 spiro atoms. The maximum Gasteiger partial charge on any atom is 0.321 e. The maximum absolute atomic E-state index is 13.0. The molecule has 0 saturated carbocycles. The lowest BCUT2D eigenvalue weighted by molar-refractivity contribution is -0.126. The molecule has 1 heterocycles. The molecule has 6 nitrogen and oxygen atoms in total. The third kappa shape index (κ3) is 5.22. The fraction of sp³-hybridized carbons (Fsp3) is 0.333. The molecule has 3 amide bonds. The highest BCUT2D eigenvalue weighted by Crippen LogP contribution is 2.19. The van der Waals surface area contributed by atoms with Crippen molar-refractivity contribution in [2.24, 2.45) is 5.92 Å². The average Bonchev–Trinajstić information content (AvgIpc) is 2.74. The molecule has 2 aromatic carbocycles. The minimum Gasteiger partial charge on any atom is -0.497 e. The fourth-order valence-electron chi connectivity index (χ4n) is 3.19. The molecule has 1 aliphatic heterocycles. The Bertz CT molecular complexity index is 809. The number of likely N-dealkylation sites (tertiary alicyclic amines) is 1. The fourth-order valence-corrected chi connectivity index (χ4v) is 3.19. The zero-order chi connectivity index (χ0) is 19.9. The van der Waals surface area contributed by atoms with Crippen molar-refractivity contribution in [3.63, 3.8) is 0 Å². The lowest BCUT2D eigenvalue weighted by Gasteiger charge is -2.32. The van der Waals surface area contributed by atoms with Gasteiger partial charge in [0.2, 0.25) is 5.91 Å². The number of piperidine rings is 1. The zero-order valence-corrected chi connectivity index (χ0v) is 15.8. The Labute approximate surface area is 163 Å². The highest BCUT2D eigenvalue weighted by Gasteiger charge is 2.28. The molecule has 1 saturated heterocycles. The van der Waals surface area contributed by atoms with E-state index in [1.807, 2.05) is 24.3 Å². The summed E-state index contributed by atoms with van der Waals surface area (Å²) in [6.07, 6.45) is 1.51. The van der Waals surface area contributed by atoms with Gasteiger partial charge in [-0.25, -0.2) is 9.18 Å². The van der Waals surface area contributed by atoms with Crippen LogP contribution in [0.25, 0.3) is 0 Å². The molecule has 148 valence electrons. The van der Waals surface area contributed by atoms with Gasteiger partial charge in [0.1, 0.15) is 11.6 Å². The van der Waals surface area contributed by atoms with E-state index >= 15 is 0 Å². The van der Waals surface area contributed by atoms with Crippen molar-refractivity contribution in [3.8, 4) is 5.75 Å². The van der Waals surface area contributed by atoms with Crippen LogP contribution in [0.1, 0.15) is 18.4 Å². The number of methoxy groups -OCH3 is 1. The first-order valence-electron chi connectivity index (χ1n) is 9.27. The second-order valence-corrected chi connectivity index (χ2v) is 6.79. The maximum atomic E-state index is 13.0.